The minimum absolute atomic E-state index is 0.0641. The van der Waals surface area contributed by atoms with Crippen LogP contribution in [-0.2, 0) is 6.61 Å². The third-order valence-electron chi connectivity index (χ3n) is 3.68. The van der Waals surface area contributed by atoms with Crippen molar-refractivity contribution in [1.29, 1.82) is 5.26 Å². The van der Waals surface area contributed by atoms with Crippen molar-refractivity contribution >= 4 is 17.3 Å². The predicted molar refractivity (Wildman–Crippen MR) is 85.3 cm³/mol. The van der Waals surface area contributed by atoms with E-state index < -0.39 is 0 Å². The molecule has 0 aliphatic heterocycles. The lowest BCUT2D eigenvalue weighted by Crippen LogP contribution is -2.22. The van der Waals surface area contributed by atoms with E-state index in [0.29, 0.717) is 10.6 Å². The molecule has 4 heteroatoms. The van der Waals surface area contributed by atoms with Crippen LogP contribution in [0.25, 0.3) is 0 Å². The highest BCUT2D eigenvalue weighted by Crippen LogP contribution is 2.29. The van der Waals surface area contributed by atoms with Crippen molar-refractivity contribution in [2.75, 3.05) is 11.9 Å². The zero-order valence-electron chi connectivity index (χ0n) is 12.0. The molecule has 108 valence electrons. The fourth-order valence-corrected chi connectivity index (χ4v) is 2.38. The second-order valence-electron chi connectivity index (χ2n) is 4.96. The van der Waals surface area contributed by atoms with Gasteiger partial charge in [-0.1, -0.05) is 29.8 Å². The Morgan fingerprint density at radius 1 is 1.24 bits per heavy atom. The minimum Gasteiger partial charge on any atom is -0.392 e. The van der Waals surface area contributed by atoms with Crippen LogP contribution in [-0.4, -0.2) is 12.2 Å². The number of anilines is 1. The number of nitrogens with zero attached hydrogens (tertiary/aromatic N) is 2. The van der Waals surface area contributed by atoms with Crippen LogP contribution < -0.4 is 4.90 Å². The van der Waals surface area contributed by atoms with E-state index in [1.54, 1.807) is 6.07 Å². The van der Waals surface area contributed by atoms with E-state index in [1.165, 1.54) is 0 Å². The lowest BCUT2D eigenvalue weighted by Gasteiger charge is -2.28. The molecule has 1 atom stereocenters. The Labute approximate surface area is 130 Å². The standard InChI is InChI=1S/C17H17ClN2O/c1-12(14-4-6-16(18)7-5-14)20(2)17-8-3-13(11-21)9-15(17)10-19/h3-9,12,21H,11H2,1-2H3. The van der Waals surface area contributed by atoms with Gasteiger partial charge < -0.3 is 10.0 Å². The summed E-state index contributed by atoms with van der Waals surface area (Å²) in [6.07, 6.45) is 0. The van der Waals surface area contributed by atoms with Gasteiger partial charge in [-0.25, -0.2) is 0 Å². The lowest BCUT2D eigenvalue weighted by molar-refractivity contribution is 0.282. The molecule has 0 aromatic heterocycles. The number of aliphatic hydroxyl groups is 1. The van der Waals surface area contributed by atoms with Crippen molar-refractivity contribution < 1.29 is 5.11 Å². The highest BCUT2D eigenvalue weighted by atomic mass is 35.5. The van der Waals surface area contributed by atoms with E-state index in [0.717, 1.165) is 16.8 Å². The summed E-state index contributed by atoms with van der Waals surface area (Å²) in [4.78, 5) is 2.04. The number of hydrogen-bond donors (Lipinski definition) is 1. The first kappa shape index (κ1) is 15.4. The highest BCUT2D eigenvalue weighted by Gasteiger charge is 2.15. The van der Waals surface area contributed by atoms with Crippen LogP contribution in [0.1, 0.15) is 29.7 Å². The first-order valence-corrected chi connectivity index (χ1v) is 7.06. The number of aliphatic hydroxyl groups excluding tert-OH is 1. The highest BCUT2D eigenvalue weighted by molar-refractivity contribution is 6.30. The summed E-state index contributed by atoms with van der Waals surface area (Å²) in [5.41, 5.74) is 3.27. The Balaban J connectivity index is 2.33. The van der Waals surface area contributed by atoms with Gasteiger partial charge in [0.2, 0.25) is 0 Å². The number of benzene rings is 2. The quantitative estimate of drug-likeness (QED) is 0.931. The normalized spacial score (nSPS) is 11.8. The molecule has 0 radical (unpaired) electrons. The van der Waals surface area contributed by atoms with Crippen LogP contribution in [0.3, 0.4) is 0 Å². The van der Waals surface area contributed by atoms with Gasteiger partial charge in [-0.2, -0.15) is 5.26 Å². The Kier molecular flexibility index (Phi) is 4.85. The Hall–Kier alpha value is -2.02. The third kappa shape index (κ3) is 3.36. The van der Waals surface area contributed by atoms with Crippen LogP contribution in [0.5, 0.6) is 0 Å². The van der Waals surface area contributed by atoms with Crippen molar-refractivity contribution in [1.82, 2.24) is 0 Å². The number of halogens is 1. The SMILES string of the molecule is CC(c1ccc(Cl)cc1)N(C)c1ccc(CO)cc1C#N. The Morgan fingerprint density at radius 3 is 2.48 bits per heavy atom. The van der Waals surface area contributed by atoms with E-state index in [9.17, 15) is 5.26 Å². The van der Waals surface area contributed by atoms with Crippen molar-refractivity contribution in [2.24, 2.45) is 0 Å². The number of nitriles is 1. The maximum Gasteiger partial charge on any atom is 0.101 e. The summed E-state index contributed by atoms with van der Waals surface area (Å²) < 4.78 is 0. The molecule has 0 heterocycles. The monoisotopic (exact) mass is 300 g/mol. The van der Waals surface area contributed by atoms with Crippen molar-refractivity contribution in [3.8, 4) is 6.07 Å². The molecule has 0 amide bonds. The van der Waals surface area contributed by atoms with E-state index in [1.807, 2.05) is 48.3 Å². The van der Waals surface area contributed by atoms with Crippen molar-refractivity contribution in [2.45, 2.75) is 19.6 Å². The molecule has 0 aliphatic rings. The molecule has 0 saturated carbocycles. The summed E-state index contributed by atoms with van der Waals surface area (Å²) in [5.74, 6) is 0. The first-order valence-electron chi connectivity index (χ1n) is 6.69. The maximum atomic E-state index is 9.30. The summed E-state index contributed by atoms with van der Waals surface area (Å²) in [6.45, 7) is 2.01. The van der Waals surface area contributed by atoms with Gasteiger partial charge in [-0.15, -0.1) is 0 Å². The second-order valence-corrected chi connectivity index (χ2v) is 5.40. The summed E-state index contributed by atoms with van der Waals surface area (Å²) in [6, 6.07) is 15.4. The molecule has 0 bridgehead atoms. The van der Waals surface area contributed by atoms with Gasteiger partial charge in [0.1, 0.15) is 6.07 Å². The average molecular weight is 301 g/mol. The van der Waals surface area contributed by atoms with Gasteiger partial charge in [-0.05, 0) is 42.3 Å². The molecule has 1 N–H and O–H groups in total. The molecule has 2 aromatic rings. The van der Waals surface area contributed by atoms with Crippen LogP contribution in [0.4, 0.5) is 5.69 Å². The Bertz CT molecular complexity index is 661. The van der Waals surface area contributed by atoms with Crippen LogP contribution in [0.2, 0.25) is 5.02 Å². The Morgan fingerprint density at radius 2 is 1.90 bits per heavy atom. The molecule has 0 saturated heterocycles. The molecular formula is C17H17ClN2O. The van der Waals surface area contributed by atoms with Gasteiger partial charge in [-0.3, -0.25) is 0 Å². The molecule has 2 aromatic carbocycles. The topological polar surface area (TPSA) is 47.3 Å². The van der Waals surface area contributed by atoms with Gasteiger partial charge in [0.25, 0.3) is 0 Å². The molecule has 0 fully saturated rings. The van der Waals surface area contributed by atoms with Crippen LogP contribution >= 0.6 is 11.6 Å². The molecule has 0 aliphatic carbocycles. The van der Waals surface area contributed by atoms with E-state index in [-0.39, 0.29) is 12.6 Å². The molecule has 21 heavy (non-hydrogen) atoms. The molecular weight excluding hydrogens is 284 g/mol. The zero-order chi connectivity index (χ0) is 15.4. The van der Waals surface area contributed by atoms with Gasteiger partial charge >= 0.3 is 0 Å². The summed E-state index contributed by atoms with van der Waals surface area (Å²) in [5, 5.41) is 19.2. The van der Waals surface area contributed by atoms with Gasteiger partial charge in [0.15, 0.2) is 0 Å². The average Bonchev–Trinajstić information content (AvgIpc) is 2.53. The lowest BCUT2D eigenvalue weighted by atomic mass is 10.0. The molecule has 0 spiro atoms. The minimum atomic E-state index is -0.0641. The zero-order valence-corrected chi connectivity index (χ0v) is 12.8. The smallest absolute Gasteiger partial charge is 0.101 e. The first-order chi connectivity index (χ1) is 10.1. The number of hydrogen-bond acceptors (Lipinski definition) is 3. The fourth-order valence-electron chi connectivity index (χ4n) is 2.25. The largest absolute Gasteiger partial charge is 0.392 e. The second kappa shape index (κ2) is 6.62. The van der Waals surface area contributed by atoms with Crippen LogP contribution in [0.15, 0.2) is 42.5 Å². The molecule has 1 unspecified atom stereocenters. The predicted octanol–water partition coefficient (Wildman–Crippen LogP) is 3.90. The maximum absolute atomic E-state index is 9.30. The fraction of sp³-hybridized carbons (Fsp3) is 0.235. The van der Waals surface area contributed by atoms with E-state index >= 15 is 0 Å². The number of rotatable bonds is 4. The summed E-state index contributed by atoms with van der Waals surface area (Å²) in [7, 11) is 1.95. The van der Waals surface area contributed by atoms with E-state index in [2.05, 4.69) is 13.0 Å². The molecule has 3 nitrogen and oxygen atoms in total. The van der Waals surface area contributed by atoms with Crippen molar-refractivity contribution in [3.63, 3.8) is 0 Å². The molecule has 2 rings (SSSR count). The van der Waals surface area contributed by atoms with E-state index in [4.69, 9.17) is 16.7 Å². The van der Waals surface area contributed by atoms with Gasteiger partial charge in [0.05, 0.1) is 23.9 Å². The summed E-state index contributed by atoms with van der Waals surface area (Å²) >= 11 is 5.91. The van der Waals surface area contributed by atoms with Crippen LogP contribution in [0, 0.1) is 11.3 Å². The van der Waals surface area contributed by atoms with Gasteiger partial charge in [0, 0.05) is 12.1 Å². The van der Waals surface area contributed by atoms with Crippen molar-refractivity contribution in [3.05, 3.63) is 64.2 Å². The third-order valence-corrected chi connectivity index (χ3v) is 3.93.